The van der Waals surface area contributed by atoms with E-state index in [0.29, 0.717) is 26.2 Å². The molecule has 1 aromatic carbocycles. The highest BCUT2D eigenvalue weighted by Crippen LogP contribution is 2.23. The van der Waals surface area contributed by atoms with Crippen LogP contribution in [0, 0.1) is 0 Å². The number of amides is 2. The van der Waals surface area contributed by atoms with Crippen LogP contribution in [0.25, 0.3) is 0 Å². The predicted molar refractivity (Wildman–Crippen MR) is 94.3 cm³/mol. The molecule has 0 bridgehead atoms. The molecule has 0 fully saturated rings. The third-order valence-electron chi connectivity index (χ3n) is 4.20. The van der Waals surface area contributed by atoms with Crippen molar-refractivity contribution in [3.05, 3.63) is 29.3 Å². The summed E-state index contributed by atoms with van der Waals surface area (Å²) in [4.78, 5) is 16.4. The van der Waals surface area contributed by atoms with Crippen LogP contribution in [0.5, 0.6) is 0 Å². The van der Waals surface area contributed by atoms with Gasteiger partial charge >= 0.3 is 6.03 Å². The van der Waals surface area contributed by atoms with Crippen molar-refractivity contribution >= 4 is 16.1 Å². The summed E-state index contributed by atoms with van der Waals surface area (Å²) in [7, 11) is -3.52. The highest BCUT2D eigenvalue weighted by Gasteiger charge is 2.25. The van der Waals surface area contributed by atoms with Crippen molar-refractivity contribution in [3.8, 4) is 0 Å². The first-order valence-corrected chi connectivity index (χ1v) is 9.94. The third-order valence-corrected chi connectivity index (χ3v) is 5.85. The molecule has 6 nitrogen and oxygen atoms in total. The summed E-state index contributed by atoms with van der Waals surface area (Å²) in [5.41, 5.74) is 2.02. The van der Waals surface area contributed by atoms with Gasteiger partial charge < -0.3 is 9.80 Å². The number of urea groups is 1. The lowest BCUT2D eigenvalue weighted by Crippen LogP contribution is -2.45. The first kappa shape index (κ1) is 18.7. The van der Waals surface area contributed by atoms with Crippen LogP contribution in [0.1, 0.15) is 38.8 Å². The van der Waals surface area contributed by atoms with E-state index in [2.05, 4.69) is 4.72 Å². The zero-order valence-corrected chi connectivity index (χ0v) is 15.7. The van der Waals surface area contributed by atoms with Crippen molar-refractivity contribution in [1.29, 1.82) is 0 Å². The molecule has 2 amide bonds. The molecule has 134 valence electrons. The Morgan fingerprint density at radius 2 is 1.92 bits per heavy atom. The van der Waals surface area contributed by atoms with Crippen LogP contribution in [0.3, 0.4) is 0 Å². The summed E-state index contributed by atoms with van der Waals surface area (Å²) in [6.07, 6.45) is 0.750. The van der Waals surface area contributed by atoms with Gasteiger partial charge in [-0.1, -0.05) is 6.07 Å². The molecule has 1 aromatic rings. The monoisotopic (exact) mass is 353 g/mol. The summed E-state index contributed by atoms with van der Waals surface area (Å²) in [6.45, 7) is 9.97. The Morgan fingerprint density at radius 3 is 2.50 bits per heavy atom. The molecule has 0 unspecified atom stereocenters. The molecule has 0 spiro atoms. The van der Waals surface area contributed by atoms with E-state index < -0.39 is 10.0 Å². The second kappa shape index (κ2) is 7.53. The Labute approximate surface area is 144 Å². The minimum absolute atomic E-state index is 0.0132. The van der Waals surface area contributed by atoms with Gasteiger partial charge in [-0.25, -0.2) is 17.9 Å². The van der Waals surface area contributed by atoms with Crippen LogP contribution < -0.4 is 4.72 Å². The lowest BCUT2D eigenvalue weighted by Gasteiger charge is -2.33. The normalized spacial score (nSPS) is 14.6. The molecular formula is C17H27N3O3S. The zero-order valence-electron chi connectivity index (χ0n) is 14.9. The molecule has 0 atom stereocenters. The number of nitrogens with one attached hydrogen (secondary N) is 1. The van der Waals surface area contributed by atoms with Gasteiger partial charge in [0.05, 0.1) is 4.90 Å². The van der Waals surface area contributed by atoms with Gasteiger partial charge in [-0.2, -0.15) is 0 Å². The van der Waals surface area contributed by atoms with E-state index in [4.69, 9.17) is 0 Å². The lowest BCUT2D eigenvalue weighted by atomic mass is 10.0. The van der Waals surface area contributed by atoms with Crippen molar-refractivity contribution in [2.75, 3.05) is 19.6 Å². The van der Waals surface area contributed by atoms with Crippen molar-refractivity contribution in [1.82, 2.24) is 14.5 Å². The van der Waals surface area contributed by atoms with E-state index in [1.165, 1.54) is 0 Å². The van der Waals surface area contributed by atoms with Gasteiger partial charge in [0.1, 0.15) is 0 Å². The molecule has 1 heterocycles. The summed E-state index contributed by atoms with van der Waals surface area (Å²) in [6, 6.07) is 5.06. The minimum atomic E-state index is -3.52. The van der Waals surface area contributed by atoms with Crippen LogP contribution in [-0.4, -0.2) is 49.9 Å². The quantitative estimate of drug-likeness (QED) is 0.882. The van der Waals surface area contributed by atoms with Crippen LogP contribution >= 0.6 is 0 Å². The van der Waals surface area contributed by atoms with E-state index in [9.17, 15) is 13.2 Å². The first-order chi connectivity index (χ1) is 11.3. The first-order valence-electron chi connectivity index (χ1n) is 8.46. The van der Waals surface area contributed by atoms with E-state index in [0.717, 1.165) is 17.5 Å². The number of hydrogen-bond acceptors (Lipinski definition) is 3. The Kier molecular flexibility index (Phi) is 5.87. The zero-order chi connectivity index (χ0) is 17.9. The smallest absolute Gasteiger partial charge is 0.320 e. The lowest BCUT2D eigenvalue weighted by molar-refractivity contribution is 0.152. The Bertz CT molecular complexity index is 697. The Morgan fingerprint density at radius 1 is 1.25 bits per heavy atom. The molecule has 0 saturated carbocycles. The maximum absolute atomic E-state index is 12.5. The molecule has 24 heavy (non-hydrogen) atoms. The van der Waals surface area contributed by atoms with E-state index in [1.807, 2.05) is 19.9 Å². The number of carbonyl (C=O) groups is 1. The molecule has 1 aliphatic heterocycles. The maximum Gasteiger partial charge on any atom is 0.320 e. The summed E-state index contributed by atoms with van der Waals surface area (Å²) < 4.78 is 27.3. The SMILES string of the molecule is CCN(CC)C(=O)N1CCc2ccc(S(=O)(=O)NC(C)C)cc2C1. The second-order valence-corrected chi connectivity index (χ2v) is 8.05. The standard InChI is InChI=1S/C17H27N3O3S/c1-5-19(6-2)17(21)20-10-9-14-7-8-16(11-15(14)12-20)24(22,23)18-13(3)4/h7-8,11,13,18H,5-6,9-10,12H2,1-4H3. The fourth-order valence-electron chi connectivity index (χ4n) is 2.94. The van der Waals surface area contributed by atoms with Gasteiger partial charge in [0, 0.05) is 32.2 Å². The van der Waals surface area contributed by atoms with Crippen molar-refractivity contribution in [2.24, 2.45) is 0 Å². The van der Waals surface area contributed by atoms with Gasteiger partial charge in [-0.05, 0) is 57.4 Å². The van der Waals surface area contributed by atoms with Crippen LogP contribution in [0.15, 0.2) is 23.1 Å². The Balaban J connectivity index is 2.24. The number of carbonyl (C=O) groups excluding carboxylic acids is 1. The van der Waals surface area contributed by atoms with Gasteiger partial charge in [-0.3, -0.25) is 0 Å². The molecule has 0 aliphatic carbocycles. The number of benzene rings is 1. The van der Waals surface area contributed by atoms with Crippen LogP contribution in [-0.2, 0) is 23.0 Å². The third kappa shape index (κ3) is 4.08. The molecular weight excluding hydrogens is 326 g/mol. The van der Waals surface area contributed by atoms with Gasteiger partial charge in [0.15, 0.2) is 0 Å². The highest BCUT2D eigenvalue weighted by molar-refractivity contribution is 7.89. The van der Waals surface area contributed by atoms with Crippen molar-refractivity contribution in [3.63, 3.8) is 0 Å². The Hall–Kier alpha value is -1.60. The maximum atomic E-state index is 12.5. The fourth-order valence-corrected chi connectivity index (χ4v) is 4.24. The summed E-state index contributed by atoms with van der Waals surface area (Å²) >= 11 is 0. The molecule has 2 rings (SSSR count). The van der Waals surface area contributed by atoms with Crippen LogP contribution in [0.2, 0.25) is 0 Å². The molecule has 1 N–H and O–H groups in total. The second-order valence-electron chi connectivity index (χ2n) is 6.33. The topological polar surface area (TPSA) is 69.7 Å². The molecule has 0 radical (unpaired) electrons. The van der Waals surface area contributed by atoms with E-state index in [1.54, 1.807) is 35.8 Å². The summed E-state index contributed by atoms with van der Waals surface area (Å²) in [5, 5.41) is 0. The number of nitrogens with zero attached hydrogens (tertiary/aromatic N) is 2. The molecule has 0 saturated heterocycles. The fraction of sp³-hybridized carbons (Fsp3) is 0.588. The highest BCUT2D eigenvalue weighted by atomic mass is 32.2. The van der Waals surface area contributed by atoms with Gasteiger partial charge in [0.25, 0.3) is 0 Å². The summed E-state index contributed by atoms with van der Waals surface area (Å²) in [5.74, 6) is 0. The number of hydrogen-bond donors (Lipinski definition) is 1. The van der Waals surface area contributed by atoms with E-state index >= 15 is 0 Å². The number of sulfonamides is 1. The average Bonchev–Trinajstić information content (AvgIpc) is 2.53. The number of rotatable bonds is 5. The van der Waals surface area contributed by atoms with Gasteiger partial charge in [-0.15, -0.1) is 0 Å². The minimum Gasteiger partial charge on any atom is -0.325 e. The molecule has 7 heteroatoms. The van der Waals surface area contributed by atoms with E-state index in [-0.39, 0.29) is 17.0 Å². The van der Waals surface area contributed by atoms with Crippen LogP contribution in [0.4, 0.5) is 4.79 Å². The van der Waals surface area contributed by atoms with Crippen molar-refractivity contribution in [2.45, 2.75) is 51.6 Å². The number of fused-ring (bicyclic) bond motifs is 1. The van der Waals surface area contributed by atoms with Gasteiger partial charge in [0.2, 0.25) is 10.0 Å². The largest absolute Gasteiger partial charge is 0.325 e. The predicted octanol–water partition coefficient (Wildman–Crippen LogP) is 2.19. The average molecular weight is 353 g/mol. The molecule has 0 aromatic heterocycles. The molecule has 1 aliphatic rings. The van der Waals surface area contributed by atoms with Crippen molar-refractivity contribution < 1.29 is 13.2 Å².